The van der Waals surface area contributed by atoms with Gasteiger partial charge < -0.3 is 0 Å². The van der Waals surface area contributed by atoms with Crippen LogP contribution in [0.15, 0.2) is 26.4 Å². The van der Waals surface area contributed by atoms with E-state index in [-0.39, 0.29) is 10.7 Å². The number of thiophene rings is 1. The normalized spacial score (nSPS) is 10.8. The van der Waals surface area contributed by atoms with E-state index in [0.717, 1.165) is 5.56 Å². The Labute approximate surface area is 113 Å². The molecule has 0 fully saturated rings. The molecule has 4 nitrogen and oxygen atoms in total. The van der Waals surface area contributed by atoms with Crippen LogP contribution in [0.2, 0.25) is 5.15 Å². The Balaban J connectivity index is 2.33. The average Bonchev–Trinajstić information content (AvgIpc) is 2.81. The van der Waals surface area contributed by atoms with Gasteiger partial charge in [-0.25, -0.2) is 4.79 Å². The molecule has 0 radical (unpaired) electrons. The number of H-pyrrole nitrogens is 1. The zero-order chi connectivity index (χ0) is 13.1. The van der Waals surface area contributed by atoms with Crippen LogP contribution < -0.4 is 11.2 Å². The monoisotopic (exact) mass is 284 g/mol. The smallest absolute Gasteiger partial charge is 0.297 e. The second-order valence-electron chi connectivity index (χ2n) is 3.91. The lowest BCUT2D eigenvalue weighted by atomic mass is 10.2. The third-order valence-electron chi connectivity index (χ3n) is 2.79. The Morgan fingerprint density at radius 1 is 1.44 bits per heavy atom. The number of rotatable bonds is 4. The van der Waals surface area contributed by atoms with E-state index in [4.69, 9.17) is 11.6 Å². The summed E-state index contributed by atoms with van der Waals surface area (Å²) >= 11 is 7.44. The highest BCUT2D eigenvalue weighted by atomic mass is 35.5. The fraction of sp³-hybridized carbons (Fsp3) is 0.333. The van der Waals surface area contributed by atoms with Crippen LogP contribution >= 0.6 is 22.9 Å². The van der Waals surface area contributed by atoms with Crippen LogP contribution in [-0.2, 0) is 19.4 Å². The number of nitrogens with zero attached hydrogens (tertiary/aromatic N) is 1. The largest absolute Gasteiger partial charge is 0.329 e. The minimum absolute atomic E-state index is 0.152. The summed E-state index contributed by atoms with van der Waals surface area (Å²) in [5.41, 5.74) is 0.847. The molecule has 0 aliphatic rings. The molecule has 2 aromatic heterocycles. The van der Waals surface area contributed by atoms with Crippen LogP contribution in [0.1, 0.15) is 18.1 Å². The third kappa shape index (κ3) is 2.57. The first-order valence-corrected chi connectivity index (χ1v) is 6.98. The molecule has 6 heteroatoms. The fourth-order valence-corrected chi connectivity index (χ4v) is 2.77. The van der Waals surface area contributed by atoms with Crippen molar-refractivity contribution in [1.29, 1.82) is 0 Å². The predicted octanol–water partition coefficient (Wildman–Crippen LogP) is 2.06. The number of aryl methyl sites for hydroxylation is 1. The van der Waals surface area contributed by atoms with Crippen molar-refractivity contribution >= 4 is 22.9 Å². The maximum absolute atomic E-state index is 12.1. The van der Waals surface area contributed by atoms with Crippen molar-refractivity contribution in [2.75, 3.05) is 0 Å². The summed E-state index contributed by atoms with van der Waals surface area (Å²) < 4.78 is 1.21. The van der Waals surface area contributed by atoms with Crippen LogP contribution in [0, 0.1) is 0 Å². The van der Waals surface area contributed by atoms with Gasteiger partial charge in [0.25, 0.3) is 5.56 Å². The number of nitrogens with one attached hydrogen (secondary N) is 1. The van der Waals surface area contributed by atoms with Crippen molar-refractivity contribution in [3.05, 3.63) is 53.9 Å². The molecule has 18 heavy (non-hydrogen) atoms. The Kier molecular flexibility index (Phi) is 4.04. The minimum Gasteiger partial charge on any atom is -0.297 e. The zero-order valence-electron chi connectivity index (χ0n) is 9.90. The van der Waals surface area contributed by atoms with Gasteiger partial charge in [-0.3, -0.25) is 14.3 Å². The van der Waals surface area contributed by atoms with Crippen molar-refractivity contribution in [3.8, 4) is 0 Å². The van der Waals surface area contributed by atoms with Gasteiger partial charge in [0, 0.05) is 6.54 Å². The molecule has 0 bridgehead atoms. The Morgan fingerprint density at radius 2 is 2.22 bits per heavy atom. The van der Waals surface area contributed by atoms with E-state index < -0.39 is 5.69 Å². The van der Waals surface area contributed by atoms with Crippen molar-refractivity contribution in [3.63, 3.8) is 0 Å². The predicted molar refractivity (Wildman–Crippen MR) is 73.7 cm³/mol. The number of halogens is 1. The van der Waals surface area contributed by atoms with Gasteiger partial charge in [0.2, 0.25) is 0 Å². The molecule has 2 heterocycles. The van der Waals surface area contributed by atoms with Gasteiger partial charge in [-0.15, -0.1) is 0 Å². The van der Waals surface area contributed by atoms with Crippen LogP contribution in [0.25, 0.3) is 0 Å². The molecular weight excluding hydrogens is 272 g/mol. The molecule has 0 spiro atoms. The number of aromatic amines is 1. The highest BCUT2D eigenvalue weighted by molar-refractivity contribution is 7.07. The van der Waals surface area contributed by atoms with E-state index in [1.54, 1.807) is 11.3 Å². The first-order valence-electron chi connectivity index (χ1n) is 5.66. The molecule has 0 unspecified atom stereocenters. The van der Waals surface area contributed by atoms with E-state index in [0.29, 0.717) is 24.9 Å². The minimum atomic E-state index is -0.447. The van der Waals surface area contributed by atoms with E-state index >= 15 is 0 Å². The van der Waals surface area contributed by atoms with Gasteiger partial charge in [-0.1, -0.05) is 18.5 Å². The van der Waals surface area contributed by atoms with E-state index in [1.807, 2.05) is 23.8 Å². The van der Waals surface area contributed by atoms with Gasteiger partial charge in [0.15, 0.2) is 0 Å². The molecule has 0 amide bonds. The lowest BCUT2D eigenvalue weighted by molar-refractivity contribution is 0.620. The van der Waals surface area contributed by atoms with Gasteiger partial charge in [-0.05, 0) is 35.2 Å². The Hall–Kier alpha value is -1.33. The summed E-state index contributed by atoms with van der Waals surface area (Å²) in [6.45, 7) is 2.21. The lowest BCUT2D eigenvalue weighted by Crippen LogP contribution is -2.37. The summed E-state index contributed by atoms with van der Waals surface area (Å²) in [5.74, 6) is 0. The number of hydrogen-bond acceptors (Lipinski definition) is 3. The Morgan fingerprint density at radius 3 is 2.83 bits per heavy atom. The molecule has 0 saturated carbocycles. The fourth-order valence-electron chi connectivity index (χ4n) is 1.77. The quantitative estimate of drug-likeness (QED) is 0.874. The molecule has 1 N–H and O–H groups in total. The lowest BCUT2D eigenvalue weighted by Gasteiger charge is -2.07. The molecule has 96 valence electrons. The van der Waals surface area contributed by atoms with Crippen LogP contribution in [0.4, 0.5) is 0 Å². The Bertz CT molecular complexity index is 643. The standard InChI is InChI=1S/C12H13ClN2O2S/c1-2-9-10(13)14-12(17)15(11(9)16)5-3-8-4-6-18-7-8/h4,6-7H,2-3,5H2,1H3,(H,14,17). The van der Waals surface area contributed by atoms with Crippen LogP contribution in [0.3, 0.4) is 0 Å². The molecule has 2 aromatic rings. The molecule has 0 aromatic carbocycles. The van der Waals surface area contributed by atoms with Crippen molar-refractivity contribution in [2.45, 2.75) is 26.3 Å². The molecule has 0 aliphatic carbocycles. The first kappa shape index (κ1) is 13.1. The summed E-state index contributed by atoms with van der Waals surface area (Å²) in [6.07, 6.45) is 1.17. The SMILES string of the molecule is CCc1c(Cl)[nH]c(=O)n(CCc2ccsc2)c1=O. The van der Waals surface area contributed by atoms with Crippen LogP contribution in [0.5, 0.6) is 0 Å². The first-order chi connectivity index (χ1) is 8.63. The molecule has 0 aliphatic heterocycles. The van der Waals surface area contributed by atoms with Crippen molar-refractivity contribution in [2.24, 2.45) is 0 Å². The zero-order valence-corrected chi connectivity index (χ0v) is 11.5. The van der Waals surface area contributed by atoms with Gasteiger partial charge in [0.1, 0.15) is 5.15 Å². The highest BCUT2D eigenvalue weighted by Gasteiger charge is 2.10. The summed E-state index contributed by atoms with van der Waals surface area (Å²) in [5, 5.41) is 4.14. The molecule has 0 atom stereocenters. The summed E-state index contributed by atoms with van der Waals surface area (Å²) in [7, 11) is 0. The molecular formula is C12H13ClN2O2S. The van der Waals surface area contributed by atoms with E-state index in [9.17, 15) is 9.59 Å². The summed E-state index contributed by atoms with van der Waals surface area (Å²) in [4.78, 5) is 26.3. The van der Waals surface area contributed by atoms with Gasteiger partial charge in [-0.2, -0.15) is 11.3 Å². The maximum Gasteiger partial charge on any atom is 0.329 e. The van der Waals surface area contributed by atoms with Crippen LogP contribution in [-0.4, -0.2) is 9.55 Å². The highest BCUT2D eigenvalue weighted by Crippen LogP contribution is 2.08. The molecule has 2 rings (SSSR count). The van der Waals surface area contributed by atoms with Gasteiger partial charge in [0.05, 0.1) is 5.56 Å². The van der Waals surface area contributed by atoms with E-state index in [2.05, 4.69) is 4.98 Å². The maximum atomic E-state index is 12.1. The average molecular weight is 285 g/mol. The second-order valence-corrected chi connectivity index (χ2v) is 5.07. The van der Waals surface area contributed by atoms with Gasteiger partial charge >= 0.3 is 5.69 Å². The summed E-state index contributed by atoms with van der Waals surface area (Å²) in [6, 6.07) is 1.99. The van der Waals surface area contributed by atoms with Crippen molar-refractivity contribution in [1.82, 2.24) is 9.55 Å². The van der Waals surface area contributed by atoms with E-state index in [1.165, 1.54) is 4.57 Å². The number of aromatic nitrogens is 2. The molecule has 0 saturated heterocycles. The second kappa shape index (κ2) is 5.54. The third-order valence-corrected chi connectivity index (χ3v) is 3.84. The topological polar surface area (TPSA) is 54.9 Å². The number of hydrogen-bond donors (Lipinski definition) is 1. The van der Waals surface area contributed by atoms with Crippen molar-refractivity contribution < 1.29 is 0 Å².